The Hall–Kier alpha value is -1.03. The van der Waals surface area contributed by atoms with Crippen molar-refractivity contribution in [1.82, 2.24) is 0 Å². The van der Waals surface area contributed by atoms with Crippen LogP contribution in [0.1, 0.15) is 36.8 Å². The number of rotatable bonds is 4. The second-order valence-corrected chi connectivity index (χ2v) is 3.84. The second-order valence-electron chi connectivity index (χ2n) is 3.84. The van der Waals surface area contributed by atoms with Crippen molar-refractivity contribution < 1.29 is 13.2 Å². The van der Waals surface area contributed by atoms with Crippen LogP contribution >= 0.6 is 0 Å². The highest BCUT2D eigenvalue weighted by atomic mass is 19.4. The van der Waals surface area contributed by atoms with Crippen molar-refractivity contribution >= 4 is 0 Å². The molecular formula is C12H16F3N. The summed E-state index contributed by atoms with van der Waals surface area (Å²) < 4.78 is 37.5. The Labute approximate surface area is 93.5 Å². The Morgan fingerprint density at radius 3 is 2.50 bits per heavy atom. The zero-order valence-electron chi connectivity index (χ0n) is 9.22. The molecule has 0 saturated carbocycles. The highest BCUT2D eigenvalue weighted by Crippen LogP contribution is 2.31. The summed E-state index contributed by atoms with van der Waals surface area (Å²) in [6, 6.07) is 5.44. The summed E-state index contributed by atoms with van der Waals surface area (Å²) in [4.78, 5) is 0. The van der Waals surface area contributed by atoms with Crippen LogP contribution in [0.2, 0.25) is 0 Å². The molecule has 1 atom stereocenters. The van der Waals surface area contributed by atoms with Gasteiger partial charge in [0, 0.05) is 0 Å². The van der Waals surface area contributed by atoms with E-state index in [2.05, 4.69) is 0 Å². The summed E-state index contributed by atoms with van der Waals surface area (Å²) in [5.74, 6) is 0.0206. The molecule has 0 aromatic heterocycles. The van der Waals surface area contributed by atoms with E-state index < -0.39 is 11.7 Å². The lowest BCUT2D eigenvalue weighted by molar-refractivity contribution is -0.137. The summed E-state index contributed by atoms with van der Waals surface area (Å²) in [6.45, 7) is 2.38. The Bertz CT molecular complexity index is 333. The first kappa shape index (κ1) is 13.0. The second kappa shape index (κ2) is 5.34. The Morgan fingerprint density at radius 2 is 2.00 bits per heavy atom. The van der Waals surface area contributed by atoms with Crippen LogP contribution in [0.25, 0.3) is 0 Å². The molecule has 0 amide bonds. The third-order valence-electron chi connectivity index (χ3n) is 2.61. The van der Waals surface area contributed by atoms with E-state index in [0.717, 1.165) is 18.9 Å². The molecule has 0 aliphatic rings. The molecule has 0 heterocycles. The molecule has 2 N–H and O–H groups in total. The van der Waals surface area contributed by atoms with Crippen molar-refractivity contribution in [3.63, 3.8) is 0 Å². The third-order valence-corrected chi connectivity index (χ3v) is 2.61. The topological polar surface area (TPSA) is 26.0 Å². The molecule has 1 rings (SSSR count). The van der Waals surface area contributed by atoms with E-state index >= 15 is 0 Å². The minimum atomic E-state index is -4.28. The van der Waals surface area contributed by atoms with Crippen molar-refractivity contribution in [3.8, 4) is 0 Å². The van der Waals surface area contributed by atoms with E-state index in [1.54, 1.807) is 6.07 Å². The lowest BCUT2D eigenvalue weighted by Gasteiger charge is -2.16. The third kappa shape index (κ3) is 3.23. The molecule has 1 nitrogen and oxygen atoms in total. The molecular weight excluding hydrogens is 215 g/mol. The average molecular weight is 231 g/mol. The van der Waals surface area contributed by atoms with Crippen LogP contribution in [0.4, 0.5) is 13.2 Å². The van der Waals surface area contributed by atoms with Crippen LogP contribution in [-0.2, 0) is 6.18 Å². The monoisotopic (exact) mass is 231 g/mol. The number of nitrogens with two attached hydrogens (primary N) is 1. The fourth-order valence-electron chi connectivity index (χ4n) is 1.74. The van der Waals surface area contributed by atoms with E-state index in [1.807, 2.05) is 6.92 Å². The zero-order valence-corrected chi connectivity index (χ0v) is 9.22. The quantitative estimate of drug-likeness (QED) is 0.842. The standard InChI is InChI=1S/C12H16F3N/c1-2-4-10(8-16)9-5-3-6-11(7-9)12(13,14)15/h3,5-7,10H,2,4,8,16H2,1H3. The first-order chi connectivity index (χ1) is 7.49. The molecule has 1 aromatic rings. The highest BCUT2D eigenvalue weighted by Gasteiger charge is 2.30. The van der Waals surface area contributed by atoms with Crippen LogP contribution in [0, 0.1) is 0 Å². The SMILES string of the molecule is CCCC(CN)c1cccc(C(F)(F)F)c1. The van der Waals surface area contributed by atoms with E-state index in [0.29, 0.717) is 12.1 Å². The van der Waals surface area contributed by atoms with Crippen LogP contribution in [0.3, 0.4) is 0 Å². The summed E-state index contributed by atoms with van der Waals surface area (Å²) in [5.41, 5.74) is 5.65. The lowest BCUT2D eigenvalue weighted by atomic mass is 9.93. The Balaban J connectivity index is 2.97. The smallest absolute Gasteiger partial charge is 0.330 e. The van der Waals surface area contributed by atoms with Gasteiger partial charge in [0.25, 0.3) is 0 Å². The van der Waals surface area contributed by atoms with Crippen LogP contribution in [0.15, 0.2) is 24.3 Å². The zero-order chi connectivity index (χ0) is 12.2. The fraction of sp³-hybridized carbons (Fsp3) is 0.500. The van der Waals surface area contributed by atoms with E-state index in [1.165, 1.54) is 12.1 Å². The van der Waals surface area contributed by atoms with Gasteiger partial charge in [-0.15, -0.1) is 0 Å². The van der Waals surface area contributed by atoms with Crippen LogP contribution < -0.4 is 5.73 Å². The number of hydrogen-bond donors (Lipinski definition) is 1. The number of alkyl halides is 3. The molecule has 90 valence electrons. The molecule has 0 radical (unpaired) electrons. The molecule has 0 bridgehead atoms. The molecule has 1 aromatic carbocycles. The number of hydrogen-bond acceptors (Lipinski definition) is 1. The van der Waals surface area contributed by atoms with E-state index in [9.17, 15) is 13.2 Å². The summed E-state index contributed by atoms with van der Waals surface area (Å²) in [6.07, 6.45) is -2.54. The first-order valence-electron chi connectivity index (χ1n) is 5.36. The van der Waals surface area contributed by atoms with Crippen molar-refractivity contribution in [2.24, 2.45) is 5.73 Å². The van der Waals surface area contributed by atoms with Crippen molar-refractivity contribution in [3.05, 3.63) is 35.4 Å². The van der Waals surface area contributed by atoms with Gasteiger partial charge in [0.15, 0.2) is 0 Å². The van der Waals surface area contributed by atoms with E-state index in [4.69, 9.17) is 5.73 Å². The Morgan fingerprint density at radius 1 is 1.31 bits per heavy atom. The van der Waals surface area contributed by atoms with Gasteiger partial charge in [0.05, 0.1) is 5.56 Å². The normalized spacial score (nSPS) is 13.8. The van der Waals surface area contributed by atoms with Crippen LogP contribution in [-0.4, -0.2) is 6.54 Å². The predicted molar refractivity (Wildman–Crippen MR) is 58.1 cm³/mol. The lowest BCUT2D eigenvalue weighted by Crippen LogP contribution is -2.13. The molecule has 16 heavy (non-hydrogen) atoms. The largest absolute Gasteiger partial charge is 0.416 e. The van der Waals surface area contributed by atoms with Gasteiger partial charge in [-0.2, -0.15) is 13.2 Å². The molecule has 0 spiro atoms. The molecule has 0 saturated heterocycles. The molecule has 0 aliphatic heterocycles. The molecule has 0 aliphatic carbocycles. The van der Waals surface area contributed by atoms with Crippen molar-refractivity contribution in [1.29, 1.82) is 0 Å². The highest BCUT2D eigenvalue weighted by molar-refractivity contribution is 5.28. The maximum Gasteiger partial charge on any atom is 0.416 e. The summed E-state index contributed by atoms with van der Waals surface area (Å²) in [7, 11) is 0. The minimum absolute atomic E-state index is 0.0206. The van der Waals surface area contributed by atoms with E-state index in [-0.39, 0.29) is 5.92 Å². The first-order valence-corrected chi connectivity index (χ1v) is 5.36. The Kier molecular flexibility index (Phi) is 4.35. The minimum Gasteiger partial charge on any atom is -0.330 e. The molecule has 1 unspecified atom stereocenters. The van der Waals surface area contributed by atoms with Gasteiger partial charge in [-0.25, -0.2) is 0 Å². The van der Waals surface area contributed by atoms with Gasteiger partial charge in [-0.05, 0) is 30.5 Å². The van der Waals surface area contributed by atoms with Gasteiger partial charge in [0.1, 0.15) is 0 Å². The van der Waals surface area contributed by atoms with Gasteiger partial charge in [-0.3, -0.25) is 0 Å². The maximum absolute atomic E-state index is 12.5. The van der Waals surface area contributed by atoms with Gasteiger partial charge < -0.3 is 5.73 Å². The van der Waals surface area contributed by atoms with Crippen LogP contribution in [0.5, 0.6) is 0 Å². The maximum atomic E-state index is 12.5. The van der Waals surface area contributed by atoms with Crippen molar-refractivity contribution in [2.45, 2.75) is 31.9 Å². The number of halogens is 3. The fourth-order valence-corrected chi connectivity index (χ4v) is 1.74. The van der Waals surface area contributed by atoms with Gasteiger partial charge in [-0.1, -0.05) is 31.5 Å². The summed E-state index contributed by atoms with van der Waals surface area (Å²) >= 11 is 0. The average Bonchev–Trinajstić information content (AvgIpc) is 2.25. The van der Waals surface area contributed by atoms with Gasteiger partial charge in [0.2, 0.25) is 0 Å². The predicted octanol–water partition coefficient (Wildman–Crippen LogP) is 3.55. The van der Waals surface area contributed by atoms with Crippen molar-refractivity contribution in [2.75, 3.05) is 6.54 Å². The van der Waals surface area contributed by atoms with Gasteiger partial charge >= 0.3 is 6.18 Å². The number of benzene rings is 1. The molecule has 4 heteroatoms. The summed E-state index contributed by atoms with van der Waals surface area (Å²) in [5, 5.41) is 0. The molecule has 0 fully saturated rings.